The summed E-state index contributed by atoms with van der Waals surface area (Å²) in [6.07, 6.45) is 5.29. The van der Waals surface area contributed by atoms with Gasteiger partial charge in [-0.15, -0.1) is 0 Å². The van der Waals surface area contributed by atoms with E-state index in [0.717, 1.165) is 19.3 Å². The van der Waals surface area contributed by atoms with Crippen molar-refractivity contribution >= 4 is 11.7 Å². The quantitative estimate of drug-likeness (QED) is 0.735. The van der Waals surface area contributed by atoms with Gasteiger partial charge in [-0.3, -0.25) is 9.59 Å². The van der Waals surface area contributed by atoms with Crippen LogP contribution in [0.15, 0.2) is 12.2 Å². The maximum atomic E-state index is 11.7. The number of Topliss-reactive ketones (excluding diaryl/α,β-unsaturated/α-hetero) is 1. The van der Waals surface area contributed by atoms with Crippen LogP contribution >= 0.6 is 0 Å². The van der Waals surface area contributed by atoms with E-state index in [9.17, 15) is 14.7 Å². The summed E-state index contributed by atoms with van der Waals surface area (Å²) >= 11 is 0. The Balaban J connectivity index is 2.13. The Hall–Kier alpha value is -1.16. The summed E-state index contributed by atoms with van der Waals surface area (Å²) in [4.78, 5) is 24.4. The van der Waals surface area contributed by atoms with Crippen LogP contribution in [0.1, 0.15) is 46.5 Å². The molecule has 0 aromatic rings. The number of hydrogen-bond acceptors (Lipinski definition) is 3. The smallest absolute Gasteiger partial charge is 0.248 e. The maximum absolute atomic E-state index is 11.7. The molecule has 0 radical (unpaired) electrons. The van der Waals surface area contributed by atoms with E-state index in [-0.39, 0.29) is 17.1 Å². The van der Waals surface area contributed by atoms with Crippen molar-refractivity contribution in [3.8, 4) is 0 Å². The predicted molar refractivity (Wildman–Crippen MR) is 69.8 cm³/mol. The zero-order valence-electron chi connectivity index (χ0n) is 11.5. The molecular formula is C14H23NO3. The number of hydrogen-bond donors (Lipinski definition) is 1. The molecule has 0 aliphatic carbocycles. The van der Waals surface area contributed by atoms with Gasteiger partial charge in [0.25, 0.3) is 0 Å². The summed E-state index contributed by atoms with van der Waals surface area (Å²) < 4.78 is 0. The van der Waals surface area contributed by atoms with E-state index in [2.05, 4.69) is 0 Å². The molecule has 1 aliphatic rings. The molecule has 4 nitrogen and oxygen atoms in total. The van der Waals surface area contributed by atoms with E-state index in [1.54, 1.807) is 0 Å². The lowest BCUT2D eigenvalue weighted by atomic mass is 9.88. The van der Waals surface area contributed by atoms with Crippen LogP contribution in [0.2, 0.25) is 0 Å². The molecule has 102 valence electrons. The summed E-state index contributed by atoms with van der Waals surface area (Å²) in [5, 5.41) is 9.47. The van der Waals surface area contributed by atoms with Gasteiger partial charge in [0, 0.05) is 24.5 Å². The Kier molecular flexibility index (Phi) is 5.08. The summed E-state index contributed by atoms with van der Waals surface area (Å²) in [5.41, 5.74) is -0.259. The first kappa shape index (κ1) is 14.9. The first-order valence-electron chi connectivity index (χ1n) is 6.52. The number of aliphatic hydroxyl groups excluding tert-OH is 1. The van der Waals surface area contributed by atoms with Crippen molar-refractivity contribution in [3.05, 3.63) is 12.2 Å². The molecule has 1 heterocycles. The van der Waals surface area contributed by atoms with Crippen LogP contribution in [-0.2, 0) is 9.59 Å². The third-order valence-corrected chi connectivity index (χ3v) is 3.15. The van der Waals surface area contributed by atoms with Crippen LogP contribution in [0, 0.1) is 5.41 Å². The van der Waals surface area contributed by atoms with Crippen molar-refractivity contribution in [1.82, 2.24) is 4.90 Å². The molecule has 0 fully saturated rings. The Morgan fingerprint density at radius 3 is 2.50 bits per heavy atom. The molecule has 1 atom stereocenters. The lowest BCUT2D eigenvalue weighted by Crippen LogP contribution is -2.34. The Morgan fingerprint density at radius 2 is 2.00 bits per heavy atom. The van der Waals surface area contributed by atoms with E-state index in [1.807, 2.05) is 20.8 Å². The van der Waals surface area contributed by atoms with Crippen LogP contribution in [0.4, 0.5) is 0 Å². The molecular weight excluding hydrogens is 230 g/mol. The molecule has 1 amide bonds. The van der Waals surface area contributed by atoms with Crippen LogP contribution in [-0.4, -0.2) is 34.5 Å². The molecule has 1 unspecified atom stereocenters. The van der Waals surface area contributed by atoms with Gasteiger partial charge < -0.3 is 10.0 Å². The van der Waals surface area contributed by atoms with Crippen molar-refractivity contribution < 1.29 is 14.7 Å². The van der Waals surface area contributed by atoms with Crippen molar-refractivity contribution in [3.63, 3.8) is 0 Å². The summed E-state index contributed by atoms with van der Waals surface area (Å²) in [5.74, 6) is 0.148. The van der Waals surface area contributed by atoms with E-state index in [1.165, 1.54) is 17.1 Å². The van der Waals surface area contributed by atoms with Crippen molar-refractivity contribution in [2.75, 3.05) is 6.54 Å². The average molecular weight is 253 g/mol. The van der Waals surface area contributed by atoms with Crippen LogP contribution in [0.3, 0.4) is 0 Å². The minimum atomic E-state index is -0.770. The first-order valence-corrected chi connectivity index (χ1v) is 6.52. The fourth-order valence-electron chi connectivity index (χ4n) is 1.86. The van der Waals surface area contributed by atoms with Gasteiger partial charge in [-0.2, -0.15) is 0 Å². The monoisotopic (exact) mass is 253 g/mol. The van der Waals surface area contributed by atoms with Gasteiger partial charge in [0.05, 0.1) is 0 Å². The average Bonchev–Trinajstić information content (AvgIpc) is 2.58. The molecule has 0 aromatic heterocycles. The number of aliphatic hydroxyl groups is 1. The minimum absolute atomic E-state index is 0.131. The van der Waals surface area contributed by atoms with E-state index in [0.29, 0.717) is 13.0 Å². The number of carbonyl (C=O) groups excluding carboxylic acids is 2. The molecule has 1 N–H and O–H groups in total. The zero-order valence-corrected chi connectivity index (χ0v) is 11.5. The molecule has 4 heteroatoms. The zero-order chi connectivity index (χ0) is 13.8. The van der Waals surface area contributed by atoms with Gasteiger partial charge in [-0.25, -0.2) is 0 Å². The number of carbonyl (C=O) groups is 2. The summed E-state index contributed by atoms with van der Waals surface area (Å²) in [6.45, 7) is 6.34. The second kappa shape index (κ2) is 6.14. The van der Waals surface area contributed by atoms with Gasteiger partial charge in [0.15, 0.2) is 0 Å². The van der Waals surface area contributed by atoms with Crippen molar-refractivity contribution in [1.29, 1.82) is 0 Å². The highest BCUT2D eigenvalue weighted by atomic mass is 16.3. The fourth-order valence-corrected chi connectivity index (χ4v) is 1.86. The predicted octanol–water partition coefficient (Wildman–Crippen LogP) is 1.88. The standard InChI is InChI=1S/C14H23NO3/c1-14(2,3)11(16)7-5-4-6-10-15-12(17)8-9-13(15)18/h8-9,12,17H,4-7,10H2,1-3H3. The van der Waals surface area contributed by atoms with Gasteiger partial charge in [-0.1, -0.05) is 27.2 Å². The second-order valence-corrected chi connectivity index (χ2v) is 5.79. The van der Waals surface area contributed by atoms with Gasteiger partial charge in [0.1, 0.15) is 12.0 Å². The van der Waals surface area contributed by atoms with E-state index in [4.69, 9.17) is 0 Å². The molecule has 1 rings (SSSR count). The molecule has 0 bridgehead atoms. The number of amides is 1. The highest BCUT2D eigenvalue weighted by Gasteiger charge is 2.23. The molecule has 0 aromatic carbocycles. The Morgan fingerprint density at radius 1 is 1.33 bits per heavy atom. The lowest BCUT2D eigenvalue weighted by molar-refractivity contribution is -0.131. The molecule has 0 saturated carbocycles. The summed E-state index contributed by atoms with van der Waals surface area (Å²) in [6, 6.07) is 0. The number of nitrogens with zero attached hydrogens (tertiary/aromatic N) is 1. The van der Waals surface area contributed by atoms with E-state index >= 15 is 0 Å². The largest absolute Gasteiger partial charge is 0.370 e. The van der Waals surface area contributed by atoms with Crippen molar-refractivity contribution in [2.24, 2.45) is 5.41 Å². The third kappa shape index (κ3) is 4.26. The summed E-state index contributed by atoms with van der Waals surface area (Å²) in [7, 11) is 0. The highest BCUT2D eigenvalue weighted by molar-refractivity contribution is 5.90. The number of rotatable bonds is 6. The van der Waals surface area contributed by atoms with Crippen LogP contribution < -0.4 is 0 Å². The second-order valence-electron chi connectivity index (χ2n) is 5.79. The highest BCUT2D eigenvalue weighted by Crippen LogP contribution is 2.19. The maximum Gasteiger partial charge on any atom is 0.248 e. The number of ketones is 1. The van der Waals surface area contributed by atoms with Crippen LogP contribution in [0.5, 0.6) is 0 Å². The normalized spacial score (nSPS) is 19.7. The third-order valence-electron chi connectivity index (χ3n) is 3.15. The molecule has 0 spiro atoms. The number of unbranched alkanes of at least 4 members (excludes halogenated alkanes) is 2. The van der Waals surface area contributed by atoms with Crippen molar-refractivity contribution in [2.45, 2.75) is 52.7 Å². The molecule has 18 heavy (non-hydrogen) atoms. The first-order chi connectivity index (χ1) is 8.32. The fraction of sp³-hybridized carbons (Fsp3) is 0.714. The Labute approximate surface area is 109 Å². The molecule has 0 saturated heterocycles. The van der Waals surface area contributed by atoms with Gasteiger partial charge >= 0.3 is 0 Å². The Bertz CT molecular complexity index is 341. The SMILES string of the molecule is CC(C)(C)C(=O)CCCCCN1C(=O)C=CC1O. The topological polar surface area (TPSA) is 57.6 Å². The van der Waals surface area contributed by atoms with Gasteiger partial charge in [0.2, 0.25) is 5.91 Å². The van der Waals surface area contributed by atoms with E-state index < -0.39 is 6.23 Å². The molecule has 1 aliphatic heterocycles. The minimum Gasteiger partial charge on any atom is -0.370 e. The van der Waals surface area contributed by atoms with Gasteiger partial charge in [-0.05, 0) is 18.9 Å². The van der Waals surface area contributed by atoms with Crippen LogP contribution in [0.25, 0.3) is 0 Å². The lowest BCUT2D eigenvalue weighted by Gasteiger charge is -2.20.